The molecule has 3 aromatic rings. The highest BCUT2D eigenvalue weighted by Gasteiger charge is 2.15. The van der Waals surface area contributed by atoms with Crippen molar-refractivity contribution in [1.82, 2.24) is 19.2 Å². The number of nitrogens with one attached hydrogen (secondary N) is 1. The normalized spacial score (nSPS) is 11.7. The van der Waals surface area contributed by atoms with Gasteiger partial charge in [-0.15, -0.1) is 16.4 Å². The number of hydrogen-bond donors (Lipinski definition) is 1. The van der Waals surface area contributed by atoms with E-state index in [1.54, 1.807) is 15.0 Å². The maximum absolute atomic E-state index is 12.4. The average Bonchev–Trinajstić information content (AvgIpc) is 2.88. The summed E-state index contributed by atoms with van der Waals surface area (Å²) >= 11 is 12.5. The van der Waals surface area contributed by atoms with Crippen molar-refractivity contribution >= 4 is 51.1 Å². The fraction of sp³-hybridized carbons (Fsp3) is 0.300. The third-order valence-corrected chi connectivity index (χ3v) is 4.22. The second-order valence-electron chi connectivity index (χ2n) is 3.89. The summed E-state index contributed by atoms with van der Waals surface area (Å²) in [5.74, 6) is 0.536. The molecule has 0 saturated heterocycles. The van der Waals surface area contributed by atoms with E-state index >= 15 is 0 Å². The van der Waals surface area contributed by atoms with Gasteiger partial charge < -0.3 is 0 Å². The van der Waals surface area contributed by atoms with Gasteiger partial charge in [-0.3, -0.25) is 13.8 Å². The summed E-state index contributed by atoms with van der Waals surface area (Å²) in [7, 11) is 0. The average molecular weight is 301 g/mol. The molecule has 1 N–H and O–H groups in total. The Morgan fingerprint density at radius 1 is 1.61 bits per heavy atom. The van der Waals surface area contributed by atoms with E-state index < -0.39 is 0 Å². The molecule has 0 fully saturated rings. The molecule has 0 atom stereocenters. The Morgan fingerprint density at radius 3 is 3.11 bits per heavy atom. The van der Waals surface area contributed by atoms with Crippen LogP contribution in [0.2, 0.25) is 4.34 Å². The minimum absolute atomic E-state index is 0.0646. The van der Waals surface area contributed by atoms with Crippen LogP contribution in [0.5, 0.6) is 0 Å². The number of fused-ring (bicyclic) bond motifs is 3. The Bertz CT molecular complexity index is 856. The van der Waals surface area contributed by atoms with Crippen molar-refractivity contribution < 1.29 is 0 Å². The zero-order valence-corrected chi connectivity index (χ0v) is 11.8. The van der Waals surface area contributed by atoms with E-state index in [9.17, 15) is 4.79 Å². The number of thiophene rings is 1. The highest BCUT2D eigenvalue weighted by Crippen LogP contribution is 2.27. The molecule has 0 aliphatic rings. The lowest BCUT2D eigenvalue weighted by Crippen LogP contribution is -2.22. The number of halogens is 1. The van der Waals surface area contributed by atoms with Crippen LogP contribution in [-0.4, -0.2) is 19.2 Å². The second kappa shape index (κ2) is 4.18. The molecular formula is C10H9ClN4OS2. The molecule has 3 aromatic heterocycles. The number of hydrogen-bond acceptors (Lipinski definition) is 4. The summed E-state index contributed by atoms with van der Waals surface area (Å²) in [6.45, 7) is 2.61. The number of aromatic amines is 1. The van der Waals surface area contributed by atoms with Gasteiger partial charge in [-0.2, -0.15) is 0 Å². The molecule has 0 aliphatic heterocycles. The van der Waals surface area contributed by atoms with Crippen molar-refractivity contribution in [1.29, 1.82) is 0 Å². The van der Waals surface area contributed by atoms with Crippen LogP contribution in [-0.2, 0) is 6.54 Å². The quantitative estimate of drug-likeness (QED) is 0.740. The van der Waals surface area contributed by atoms with E-state index in [1.165, 1.54) is 11.3 Å². The second-order valence-corrected chi connectivity index (χ2v) is 5.96. The minimum Gasteiger partial charge on any atom is -0.276 e. The SMILES string of the molecule is CCCn1c(=O)c2sc(Cl)cc2n2c(=S)[nH]nc12. The lowest BCUT2D eigenvalue weighted by Gasteiger charge is -2.05. The Hall–Kier alpha value is -1.18. The van der Waals surface area contributed by atoms with Gasteiger partial charge in [0.25, 0.3) is 5.56 Å². The van der Waals surface area contributed by atoms with E-state index in [4.69, 9.17) is 23.8 Å². The maximum Gasteiger partial charge on any atom is 0.272 e. The molecule has 0 amide bonds. The van der Waals surface area contributed by atoms with Gasteiger partial charge in [0.2, 0.25) is 10.5 Å². The largest absolute Gasteiger partial charge is 0.276 e. The van der Waals surface area contributed by atoms with Crippen LogP contribution in [0.4, 0.5) is 0 Å². The monoisotopic (exact) mass is 300 g/mol. The molecule has 0 aromatic carbocycles. The first kappa shape index (κ1) is 11.9. The van der Waals surface area contributed by atoms with Gasteiger partial charge in [0, 0.05) is 6.54 Å². The molecule has 8 heteroatoms. The van der Waals surface area contributed by atoms with E-state index in [0.29, 0.717) is 26.1 Å². The first-order chi connectivity index (χ1) is 8.63. The zero-order chi connectivity index (χ0) is 12.9. The molecule has 0 radical (unpaired) electrons. The molecule has 0 unspecified atom stereocenters. The lowest BCUT2D eigenvalue weighted by atomic mass is 10.4. The molecule has 0 saturated carbocycles. The summed E-state index contributed by atoms with van der Waals surface area (Å²) < 4.78 is 5.03. The predicted molar refractivity (Wildman–Crippen MR) is 75.3 cm³/mol. The van der Waals surface area contributed by atoms with Crippen LogP contribution in [0.25, 0.3) is 16.0 Å². The smallest absolute Gasteiger partial charge is 0.272 e. The van der Waals surface area contributed by atoms with Gasteiger partial charge in [-0.1, -0.05) is 18.5 Å². The third-order valence-electron chi connectivity index (χ3n) is 2.71. The molecule has 18 heavy (non-hydrogen) atoms. The molecule has 0 bridgehead atoms. The van der Waals surface area contributed by atoms with Crippen molar-refractivity contribution in [2.24, 2.45) is 0 Å². The number of rotatable bonds is 2. The summed E-state index contributed by atoms with van der Waals surface area (Å²) in [5, 5.41) is 6.85. The van der Waals surface area contributed by atoms with E-state index in [-0.39, 0.29) is 5.56 Å². The Kier molecular flexibility index (Phi) is 2.76. The standard InChI is InChI=1S/C10H9ClN4OS2/c1-2-3-14-8(16)7-5(4-6(11)18-7)15-9(14)12-13-10(15)17/h4H,2-3H2,1H3,(H,13,17). The Balaban J connectivity index is 2.63. The van der Waals surface area contributed by atoms with Gasteiger partial charge in [-0.25, -0.2) is 5.10 Å². The zero-order valence-electron chi connectivity index (χ0n) is 9.44. The fourth-order valence-electron chi connectivity index (χ4n) is 2.00. The van der Waals surface area contributed by atoms with Gasteiger partial charge in [0.1, 0.15) is 4.70 Å². The van der Waals surface area contributed by atoms with Crippen molar-refractivity contribution in [2.75, 3.05) is 0 Å². The van der Waals surface area contributed by atoms with Gasteiger partial charge in [0.05, 0.1) is 9.85 Å². The van der Waals surface area contributed by atoms with Gasteiger partial charge in [0.15, 0.2) is 0 Å². The Labute approximate surface area is 116 Å². The molecule has 3 heterocycles. The lowest BCUT2D eigenvalue weighted by molar-refractivity contribution is 0.664. The third kappa shape index (κ3) is 1.54. The van der Waals surface area contributed by atoms with Crippen LogP contribution >= 0.6 is 35.2 Å². The first-order valence-corrected chi connectivity index (χ1v) is 7.02. The summed E-state index contributed by atoms with van der Waals surface area (Å²) in [6, 6.07) is 1.75. The highest BCUT2D eigenvalue weighted by atomic mass is 35.5. The fourth-order valence-corrected chi connectivity index (χ4v) is 3.38. The van der Waals surface area contributed by atoms with Gasteiger partial charge >= 0.3 is 0 Å². The summed E-state index contributed by atoms with van der Waals surface area (Å²) in [5.41, 5.74) is 0.654. The topological polar surface area (TPSA) is 55.1 Å². The summed E-state index contributed by atoms with van der Waals surface area (Å²) in [6.07, 6.45) is 0.847. The molecular weight excluding hydrogens is 292 g/mol. The van der Waals surface area contributed by atoms with Crippen molar-refractivity contribution in [3.8, 4) is 0 Å². The van der Waals surface area contributed by atoms with Crippen molar-refractivity contribution in [3.05, 3.63) is 25.5 Å². The molecule has 0 aliphatic carbocycles. The minimum atomic E-state index is -0.0646. The van der Waals surface area contributed by atoms with Crippen LogP contribution in [0.1, 0.15) is 13.3 Å². The van der Waals surface area contributed by atoms with Crippen molar-refractivity contribution in [2.45, 2.75) is 19.9 Å². The van der Waals surface area contributed by atoms with Crippen LogP contribution in [0, 0.1) is 4.77 Å². The number of aromatic nitrogens is 4. The van der Waals surface area contributed by atoms with Crippen molar-refractivity contribution in [3.63, 3.8) is 0 Å². The first-order valence-electron chi connectivity index (χ1n) is 5.42. The molecule has 0 spiro atoms. The summed E-state index contributed by atoms with van der Waals surface area (Å²) in [4.78, 5) is 12.4. The van der Waals surface area contributed by atoms with E-state index in [1.807, 2.05) is 6.92 Å². The van der Waals surface area contributed by atoms with Crippen LogP contribution in [0.15, 0.2) is 10.9 Å². The molecule has 5 nitrogen and oxygen atoms in total. The van der Waals surface area contributed by atoms with Crippen LogP contribution < -0.4 is 5.56 Å². The van der Waals surface area contributed by atoms with E-state index in [2.05, 4.69) is 10.2 Å². The maximum atomic E-state index is 12.4. The number of aryl methyl sites for hydroxylation is 1. The molecule has 3 rings (SSSR count). The van der Waals surface area contributed by atoms with Gasteiger partial charge in [-0.05, 0) is 24.7 Å². The Morgan fingerprint density at radius 2 is 2.39 bits per heavy atom. The predicted octanol–water partition coefficient (Wildman–Crippen LogP) is 2.83. The van der Waals surface area contributed by atoms with E-state index in [0.717, 1.165) is 11.9 Å². The number of nitrogens with zero attached hydrogens (tertiary/aromatic N) is 3. The highest BCUT2D eigenvalue weighted by molar-refractivity contribution is 7.71. The molecule has 94 valence electrons. The van der Waals surface area contributed by atoms with Crippen LogP contribution in [0.3, 0.4) is 0 Å². The number of H-pyrrole nitrogens is 1.